The number of benzene rings is 2. The second kappa shape index (κ2) is 4.04. The van der Waals surface area contributed by atoms with E-state index in [4.69, 9.17) is 0 Å². The van der Waals surface area contributed by atoms with Crippen molar-refractivity contribution < 1.29 is 0 Å². The van der Waals surface area contributed by atoms with Crippen molar-refractivity contribution in [1.29, 1.82) is 0 Å². The zero-order valence-electron chi connectivity index (χ0n) is 9.52. The van der Waals surface area contributed by atoms with Crippen molar-refractivity contribution in [1.82, 2.24) is 4.57 Å². The molecule has 2 aromatic carbocycles. The summed E-state index contributed by atoms with van der Waals surface area (Å²) in [6.07, 6.45) is 0. The van der Waals surface area contributed by atoms with Gasteiger partial charge in [0, 0.05) is 23.5 Å². The molecular weight excluding hydrogens is 274 g/mol. The molecule has 1 heterocycles. The van der Waals surface area contributed by atoms with Crippen LogP contribution in [0.5, 0.6) is 0 Å². The largest absolute Gasteiger partial charge is 0.338 e. The SMILES string of the molecule is Cn1c(Br)c(-c2ccccc2)c2ccccc21. The van der Waals surface area contributed by atoms with Crippen molar-refractivity contribution in [3.63, 3.8) is 0 Å². The lowest BCUT2D eigenvalue weighted by Gasteiger charge is -2.00. The van der Waals surface area contributed by atoms with Crippen molar-refractivity contribution in [2.24, 2.45) is 7.05 Å². The normalized spacial score (nSPS) is 10.9. The lowest BCUT2D eigenvalue weighted by molar-refractivity contribution is 0.942. The van der Waals surface area contributed by atoms with E-state index in [9.17, 15) is 0 Å². The maximum atomic E-state index is 3.69. The molecule has 0 atom stereocenters. The molecule has 0 aliphatic carbocycles. The Bertz CT molecular complexity index is 668. The minimum Gasteiger partial charge on any atom is -0.338 e. The van der Waals surface area contributed by atoms with Crippen LogP contribution in [-0.4, -0.2) is 4.57 Å². The number of hydrogen-bond donors (Lipinski definition) is 0. The molecule has 0 spiro atoms. The van der Waals surface area contributed by atoms with Crippen molar-refractivity contribution in [2.75, 3.05) is 0 Å². The minimum atomic E-state index is 1.13. The second-order valence-electron chi connectivity index (χ2n) is 4.11. The van der Waals surface area contributed by atoms with Gasteiger partial charge in [0.1, 0.15) is 0 Å². The van der Waals surface area contributed by atoms with E-state index in [1.165, 1.54) is 22.0 Å². The predicted molar refractivity (Wildman–Crippen MR) is 76.1 cm³/mol. The van der Waals surface area contributed by atoms with Gasteiger partial charge < -0.3 is 4.57 Å². The molecule has 0 aliphatic heterocycles. The standard InChI is InChI=1S/C15H12BrN/c1-17-13-10-6-5-9-12(13)14(15(17)16)11-7-3-2-4-8-11/h2-10H,1H3. The summed E-state index contributed by atoms with van der Waals surface area (Å²) in [4.78, 5) is 0. The topological polar surface area (TPSA) is 4.93 Å². The quantitative estimate of drug-likeness (QED) is 0.615. The summed E-state index contributed by atoms with van der Waals surface area (Å²) in [6.45, 7) is 0. The smallest absolute Gasteiger partial charge is 0.0934 e. The molecule has 0 aliphatic rings. The van der Waals surface area contributed by atoms with Crippen LogP contribution in [0.25, 0.3) is 22.0 Å². The van der Waals surface area contributed by atoms with Gasteiger partial charge in [0.15, 0.2) is 0 Å². The molecule has 0 saturated carbocycles. The van der Waals surface area contributed by atoms with Gasteiger partial charge in [0.25, 0.3) is 0 Å². The Morgan fingerprint density at radius 2 is 1.53 bits per heavy atom. The summed E-state index contributed by atoms with van der Waals surface area (Å²) in [5, 5.41) is 1.29. The van der Waals surface area contributed by atoms with Crippen molar-refractivity contribution in [3.8, 4) is 11.1 Å². The van der Waals surface area contributed by atoms with E-state index in [2.05, 4.69) is 76.1 Å². The van der Waals surface area contributed by atoms with Gasteiger partial charge in [-0.25, -0.2) is 0 Å². The Morgan fingerprint density at radius 3 is 2.29 bits per heavy atom. The van der Waals surface area contributed by atoms with Crippen LogP contribution in [0.1, 0.15) is 0 Å². The number of halogens is 1. The first-order chi connectivity index (χ1) is 8.29. The maximum absolute atomic E-state index is 3.69. The van der Waals surface area contributed by atoms with Gasteiger partial charge in [-0.3, -0.25) is 0 Å². The number of nitrogens with zero attached hydrogens (tertiary/aromatic N) is 1. The second-order valence-corrected chi connectivity index (χ2v) is 4.86. The van der Waals surface area contributed by atoms with Crippen LogP contribution in [0.3, 0.4) is 0 Å². The number of fused-ring (bicyclic) bond motifs is 1. The minimum absolute atomic E-state index is 1.13. The van der Waals surface area contributed by atoms with Gasteiger partial charge in [-0.15, -0.1) is 0 Å². The highest BCUT2D eigenvalue weighted by Crippen LogP contribution is 2.37. The van der Waals surface area contributed by atoms with E-state index in [0.717, 1.165) is 4.60 Å². The van der Waals surface area contributed by atoms with E-state index in [-0.39, 0.29) is 0 Å². The van der Waals surface area contributed by atoms with E-state index >= 15 is 0 Å². The molecule has 1 nitrogen and oxygen atoms in total. The van der Waals surface area contributed by atoms with Gasteiger partial charge in [-0.1, -0.05) is 48.5 Å². The molecular formula is C15H12BrN. The molecule has 0 unspecified atom stereocenters. The third kappa shape index (κ3) is 1.60. The highest BCUT2D eigenvalue weighted by Gasteiger charge is 2.13. The number of para-hydroxylation sites is 1. The fraction of sp³-hybridized carbons (Fsp3) is 0.0667. The van der Waals surface area contributed by atoms with Crippen LogP contribution in [0.15, 0.2) is 59.2 Å². The van der Waals surface area contributed by atoms with Crippen LogP contribution in [0, 0.1) is 0 Å². The van der Waals surface area contributed by atoms with E-state index in [0.29, 0.717) is 0 Å². The zero-order valence-corrected chi connectivity index (χ0v) is 11.1. The number of rotatable bonds is 1. The first-order valence-corrected chi connectivity index (χ1v) is 6.36. The Labute approximate surface area is 109 Å². The number of hydrogen-bond acceptors (Lipinski definition) is 0. The Balaban J connectivity index is 2.41. The Hall–Kier alpha value is -1.54. The average Bonchev–Trinajstić information content (AvgIpc) is 2.64. The van der Waals surface area contributed by atoms with Crippen molar-refractivity contribution in [2.45, 2.75) is 0 Å². The summed E-state index contributed by atoms with van der Waals surface area (Å²) in [5.74, 6) is 0. The van der Waals surface area contributed by atoms with E-state index in [1.807, 2.05) is 6.07 Å². The Morgan fingerprint density at radius 1 is 0.882 bits per heavy atom. The molecule has 2 heteroatoms. The third-order valence-corrected chi connectivity index (χ3v) is 4.03. The van der Waals surface area contributed by atoms with Crippen molar-refractivity contribution >= 4 is 26.8 Å². The van der Waals surface area contributed by atoms with Gasteiger partial charge >= 0.3 is 0 Å². The van der Waals surface area contributed by atoms with Gasteiger partial charge in [-0.05, 0) is 27.6 Å². The zero-order chi connectivity index (χ0) is 11.8. The summed E-state index contributed by atoms with van der Waals surface area (Å²) < 4.78 is 3.31. The molecule has 0 saturated heterocycles. The molecule has 0 bridgehead atoms. The van der Waals surface area contributed by atoms with Crippen molar-refractivity contribution in [3.05, 3.63) is 59.2 Å². The van der Waals surface area contributed by atoms with Crippen LogP contribution in [-0.2, 0) is 7.05 Å². The molecule has 0 fully saturated rings. The Kier molecular flexibility index (Phi) is 2.52. The predicted octanol–water partition coefficient (Wildman–Crippen LogP) is 4.61. The first-order valence-electron chi connectivity index (χ1n) is 5.57. The molecule has 3 aromatic rings. The third-order valence-electron chi connectivity index (χ3n) is 3.10. The fourth-order valence-corrected chi connectivity index (χ4v) is 2.88. The molecule has 17 heavy (non-hydrogen) atoms. The summed E-state index contributed by atoms with van der Waals surface area (Å²) >= 11 is 3.69. The molecule has 0 N–H and O–H groups in total. The number of aryl methyl sites for hydroxylation is 1. The molecule has 0 amide bonds. The van der Waals surface area contributed by atoms with Gasteiger partial charge in [0.2, 0.25) is 0 Å². The van der Waals surface area contributed by atoms with Crippen LogP contribution in [0.4, 0.5) is 0 Å². The summed E-state index contributed by atoms with van der Waals surface area (Å²) in [5.41, 5.74) is 3.76. The lowest BCUT2D eigenvalue weighted by Crippen LogP contribution is -1.86. The molecule has 3 rings (SSSR count). The van der Waals surface area contributed by atoms with Crippen LogP contribution in [0.2, 0.25) is 0 Å². The van der Waals surface area contributed by atoms with Gasteiger partial charge in [-0.2, -0.15) is 0 Å². The summed E-state index contributed by atoms with van der Waals surface area (Å²) in [6, 6.07) is 19.0. The highest BCUT2D eigenvalue weighted by molar-refractivity contribution is 9.10. The van der Waals surface area contributed by atoms with Gasteiger partial charge in [0.05, 0.1) is 4.60 Å². The lowest BCUT2D eigenvalue weighted by atomic mass is 10.1. The first kappa shape index (κ1) is 10.6. The maximum Gasteiger partial charge on any atom is 0.0934 e. The van der Waals surface area contributed by atoms with E-state index < -0.39 is 0 Å². The molecule has 84 valence electrons. The van der Waals surface area contributed by atoms with Crippen LogP contribution >= 0.6 is 15.9 Å². The van der Waals surface area contributed by atoms with Crippen LogP contribution < -0.4 is 0 Å². The summed E-state index contributed by atoms with van der Waals surface area (Å²) in [7, 11) is 2.08. The fourth-order valence-electron chi connectivity index (χ4n) is 2.24. The monoisotopic (exact) mass is 285 g/mol. The average molecular weight is 286 g/mol. The van der Waals surface area contributed by atoms with E-state index in [1.54, 1.807) is 0 Å². The molecule has 0 radical (unpaired) electrons. The number of aromatic nitrogens is 1. The highest BCUT2D eigenvalue weighted by atomic mass is 79.9. The molecule has 1 aromatic heterocycles.